The molecule has 18 heavy (non-hydrogen) atoms. The summed E-state index contributed by atoms with van der Waals surface area (Å²) in [4.78, 5) is 24.6. The van der Waals surface area contributed by atoms with Crippen molar-refractivity contribution < 1.29 is 14.3 Å². The number of Topliss-reactive ketones (excluding diaryl/α,β-unsaturated/α-hetero) is 1. The highest BCUT2D eigenvalue weighted by Gasteiger charge is 2.52. The average Bonchev–Trinajstić information content (AvgIpc) is 2.42. The summed E-state index contributed by atoms with van der Waals surface area (Å²) in [5.41, 5.74) is 1.85. The van der Waals surface area contributed by atoms with Crippen molar-refractivity contribution in [3.8, 4) is 0 Å². The number of carbonyl (C=O) groups excluding carboxylic acids is 2. The van der Waals surface area contributed by atoms with E-state index in [0.717, 1.165) is 16.7 Å². The van der Waals surface area contributed by atoms with Gasteiger partial charge in [-0.05, 0) is 29.5 Å². The Morgan fingerprint density at radius 2 is 2.17 bits per heavy atom. The zero-order valence-electron chi connectivity index (χ0n) is 10.2. The third-order valence-corrected chi connectivity index (χ3v) is 3.96. The van der Waals surface area contributed by atoms with Gasteiger partial charge < -0.3 is 4.74 Å². The molecule has 3 rings (SSSR count). The van der Waals surface area contributed by atoms with E-state index in [1.54, 1.807) is 0 Å². The SMILES string of the molecule is COC(=O)C12CC=Cc3cccc(c31)CCC2=O. The maximum Gasteiger partial charge on any atom is 0.324 e. The Labute approximate surface area is 105 Å². The van der Waals surface area contributed by atoms with Crippen molar-refractivity contribution in [2.75, 3.05) is 7.11 Å². The molecule has 0 saturated heterocycles. The second-order valence-electron chi connectivity index (χ2n) is 4.81. The first-order valence-corrected chi connectivity index (χ1v) is 6.11. The zero-order chi connectivity index (χ0) is 12.8. The van der Waals surface area contributed by atoms with Gasteiger partial charge in [0.25, 0.3) is 0 Å². The van der Waals surface area contributed by atoms with Crippen LogP contribution in [0.4, 0.5) is 0 Å². The predicted octanol–water partition coefficient (Wildman–Crippen LogP) is 2.03. The van der Waals surface area contributed by atoms with Gasteiger partial charge in [-0.1, -0.05) is 30.4 Å². The first-order chi connectivity index (χ1) is 8.70. The third-order valence-electron chi connectivity index (χ3n) is 3.96. The number of hydrogen-bond acceptors (Lipinski definition) is 3. The molecule has 0 aliphatic heterocycles. The molecule has 1 aromatic rings. The first-order valence-electron chi connectivity index (χ1n) is 6.11. The van der Waals surface area contributed by atoms with Crippen LogP contribution in [0, 0.1) is 0 Å². The van der Waals surface area contributed by atoms with Crippen molar-refractivity contribution in [2.24, 2.45) is 0 Å². The molecule has 1 aromatic carbocycles. The van der Waals surface area contributed by atoms with E-state index in [0.29, 0.717) is 19.3 Å². The lowest BCUT2D eigenvalue weighted by atomic mass is 9.63. The van der Waals surface area contributed by atoms with Crippen molar-refractivity contribution >= 4 is 17.8 Å². The Morgan fingerprint density at radius 1 is 1.33 bits per heavy atom. The molecule has 2 aliphatic carbocycles. The van der Waals surface area contributed by atoms with Gasteiger partial charge in [-0.25, -0.2) is 0 Å². The fourth-order valence-corrected chi connectivity index (χ4v) is 3.14. The van der Waals surface area contributed by atoms with E-state index < -0.39 is 11.4 Å². The molecule has 3 heteroatoms. The average molecular weight is 242 g/mol. The lowest BCUT2D eigenvalue weighted by Crippen LogP contribution is -2.48. The van der Waals surface area contributed by atoms with Crippen LogP contribution in [-0.2, 0) is 26.2 Å². The highest BCUT2D eigenvalue weighted by Crippen LogP contribution is 2.43. The van der Waals surface area contributed by atoms with Gasteiger partial charge in [0.1, 0.15) is 0 Å². The van der Waals surface area contributed by atoms with E-state index in [9.17, 15) is 9.59 Å². The van der Waals surface area contributed by atoms with Gasteiger partial charge in [-0.3, -0.25) is 9.59 Å². The predicted molar refractivity (Wildman–Crippen MR) is 67.1 cm³/mol. The maximum atomic E-state index is 12.4. The van der Waals surface area contributed by atoms with E-state index in [4.69, 9.17) is 4.74 Å². The first kappa shape index (κ1) is 11.2. The fraction of sp³-hybridized carbons (Fsp3) is 0.333. The number of aryl methyl sites for hydroxylation is 1. The van der Waals surface area contributed by atoms with Crippen LogP contribution in [-0.4, -0.2) is 18.9 Å². The molecule has 0 fully saturated rings. The molecule has 0 heterocycles. The van der Waals surface area contributed by atoms with E-state index in [-0.39, 0.29) is 5.78 Å². The highest BCUT2D eigenvalue weighted by molar-refractivity contribution is 6.12. The highest BCUT2D eigenvalue weighted by atomic mass is 16.5. The van der Waals surface area contributed by atoms with Crippen LogP contribution >= 0.6 is 0 Å². The molecule has 92 valence electrons. The quantitative estimate of drug-likeness (QED) is 0.559. The third kappa shape index (κ3) is 1.24. The summed E-state index contributed by atoms with van der Waals surface area (Å²) in [6.07, 6.45) is 5.43. The van der Waals surface area contributed by atoms with Crippen LogP contribution < -0.4 is 0 Å². The standard InChI is InChI=1S/C15H14O3/c1-18-14(17)15-9-3-6-10-4-2-5-11(13(10)15)7-8-12(15)16/h2-6H,7-9H2,1H3. The van der Waals surface area contributed by atoms with Gasteiger partial charge in [0, 0.05) is 6.42 Å². The largest absolute Gasteiger partial charge is 0.468 e. The molecule has 0 saturated carbocycles. The number of hydrogen-bond donors (Lipinski definition) is 0. The minimum absolute atomic E-state index is 0.0151. The summed E-state index contributed by atoms with van der Waals surface area (Å²) in [5.74, 6) is -0.441. The molecule has 1 atom stereocenters. The normalized spacial score (nSPS) is 24.6. The second kappa shape index (κ2) is 3.80. The molecule has 0 N–H and O–H groups in total. The van der Waals surface area contributed by atoms with Gasteiger partial charge in [-0.15, -0.1) is 0 Å². The maximum absolute atomic E-state index is 12.4. The number of rotatable bonds is 1. The van der Waals surface area contributed by atoms with Crippen LogP contribution in [0.1, 0.15) is 29.5 Å². The number of esters is 1. The number of methoxy groups -OCH3 is 1. The van der Waals surface area contributed by atoms with Crippen molar-refractivity contribution in [2.45, 2.75) is 24.7 Å². The Bertz CT molecular complexity index is 571. The monoisotopic (exact) mass is 242 g/mol. The van der Waals surface area contributed by atoms with Crippen LogP contribution in [0.15, 0.2) is 24.3 Å². The molecule has 3 nitrogen and oxygen atoms in total. The molecule has 1 unspecified atom stereocenters. The summed E-state index contributed by atoms with van der Waals surface area (Å²) in [7, 11) is 1.35. The lowest BCUT2D eigenvalue weighted by Gasteiger charge is -2.37. The van der Waals surface area contributed by atoms with E-state index in [1.807, 2.05) is 30.4 Å². The molecule has 0 aromatic heterocycles. The van der Waals surface area contributed by atoms with E-state index >= 15 is 0 Å². The summed E-state index contributed by atoms with van der Waals surface area (Å²) in [5, 5.41) is 0. The Morgan fingerprint density at radius 3 is 2.94 bits per heavy atom. The number of allylic oxidation sites excluding steroid dienone is 1. The second-order valence-corrected chi connectivity index (χ2v) is 4.81. The smallest absolute Gasteiger partial charge is 0.324 e. The minimum Gasteiger partial charge on any atom is -0.468 e. The fourth-order valence-electron chi connectivity index (χ4n) is 3.14. The Balaban J connectivity index is 2.33. The number of benzene rings is 1. The number of ether oxygens (including phenoxy) is 1. The van der Waals surface area contributed by atoms with Gasteiger partial charge in [0.05, 0.1) is 7.11 Å². The van der Waals surface area contributed by atoms with Crippen molar-refractivity contribution in [3.05, 3.63) is 41.0 Å². The van der Waals surface area contributed by atoms with Crippen LogP contribution in [0.5, 0.6) is 0 Å². The Kier molecular flexibility index (Phi) is 2.37. The summed E-state index contributed by atoms with van der Waals surface area (Å²) in [6, 6.07) is 5.93. The van der Waals surface area contributed by atoms with Crippen molar-refractivity contribution in [1.82, 2.24) is 0 Å². The van der Waals surface area contributed by atoms with Crippen molar-refractivity contribution in [3.63, 3.8) is 0 Å². The Hall–Kier alpha value is -1.90. The molecule has 0 bridgehead atoms. The van der Waals surface area contributed by atoms with E-state index in [2.05, 4.69) is 0 Å². The van der Waals surface area contributed by atoms with Gasteiger partial charge in [0.2, 0.25) is 0 Å². The van der Waals surface area contributed by atoms with Gasteiger partial charge in [0.15, 0.2) is 11.2 Å². The van der Waals surface area contributed by atoms with Crippen LogP contribution in [0.25, 0.3) is 6.08 Å². The molecule has 0 amide bonds. The number of carbonyl (C=O) groups is 2. The lowest BCUT2D eigenvalue weighted by molar-refractivity contribution is -0.152. The number of ketones is 1. The van der Waals surface area contributed by atoms with E-state index in [1.165, 1.54) is 7.11 Å². The van der Waals surface area contributed by atoms with Gasteiger partial charge in [-0.2, -0.15) is 0 Å². The molecule has 0 spiro atoms. The van der Waals surface area contributed by atoms with Crippen molar-refractivity contribution in [1.29, 1.82) is 0 Å². The van der Waals surface area contributed by atoms with Gasteiger partial charge >= 0.3 is 5.97 Å². The summed E-state index contributed by atoms with van der Waals surface area (Å²) in [6.45, 7) is 0. The van der Waals surface area contributed by atoms with Crippen LogP contribution in [0.3, 0.4) is 0 Å². The summed E-state index contributed by atoms with van der Waals surface area (Å²) < 4.78 is 4.91. The molecule has 2 aliphatic rings. The summed E-state index contributed by atoms with van der Waals surface area (Å²) >= 11 is 0. The zero-order valence-corrected chi connectivity index (χ0v) is 10.2. The molecular formula is C15H14O3. The van der Waals surface area contributed by atoms with Crippen LogP contribution in [0.2, 0.25) is 0 Å². The minimum atomic E-state index is -1.09. The topological polar surface area (TPSA) is 43.4 Å². The molecular weight excluding hydrogens is 228 g/mol. The molecule has 0 radical (unpaired) electrons.